The third kappa shape index (κ3) is 8.08. The van der Waals surface area contributed by atoms with Gasteiger partial charge < -0.3 is 13.9 Å². The van der Waals surface area contributed by atoms with Crippen molar-refractivity contribution in [3.05, 3.63) is 224 Å². The van der Waals surface area contributed by atoms with Crippen molar-refractivity contribution < 1.29 is 44.1 Å². The molecule has 67 heavy (non-hydrogen) atoms. The van der Waals surface area contributed by atoms with E-state index in [4.69, 9.17) is 23.4 Å². The molecular weight excluding hydrogens is 1000 g/mol. The topological polar surface area (TPSA) is 35.9 Å². The fourth-order valence-corrected chi connectivity index (χ4v) is 8.71. The number of aromatic nitrogens is 4. The summed E-state index contributed by atoms with van der Waals surface area (Å²) in [5.74, 6) is 1.74. The average Bonchev–Trinajstić information content (AvgIpc) is 4.09. The van der Waals surface area contributed by atoms with Gasteiger partial charge in [-0.1, -0.05) is 185 Å². The fraction of sp³-hybridized carbons (Fsp3) is 0.115. The minimum absolute atomic E-state index is 0. The van der Waals surface area contributed by atoms with Gasteiger partial charge in [0.05, 0.1) is 30.4 Å². The van der Waals surface area contributed by atoms with Crippen LogP contribution in [0, 0.1) is 18.5 Å². The maximum Gasteiger partial charge on any atom is 0.268 e. The minimum Gasteiger partial charge on any atom is -0.510 e. The van der Waals surface area contributed by atoms with E-state index >= 15 is 0 Å². The number of nitrogens with zero attached hydrogens (tertiary/aromatic N) is 4. The van der Waals surface area contributed by atoms with Crippen LogP contribution < -0.4 is 9.30 Å². The summed E-state index contributed by atoms with van der Waals surface area (Å²) >= 11 is 0. The molecule has 5 nitrogen and oxygen atoms in total. The number of hydrogen-bond donors (Lipinski definition) is 0. The molecule has 330 valence electrons. The van der Waals surface area contributed by atoms with Crippen LogP contribution in [0.25, 0.3) is 83.4 Å². The van der Waals surface area contributed by atoms with Gasteiger partial charge in [0.25, 0.3) is 6.33 Å². The molecule has 0 unspecified atom stereocenters. The van der Waals surface area contributed by atoms with Gasteiger partial charge in [-0.25, -0.2) is 4.98 Å². The zero-order valence-corrected chi connectivity index (χ0v) is 39.6. The molecule has 11 aromatic rings. The van der Waals surface area contributed by atoms with Gasteiger partial charge in [0.2, 0.25) is 0 Å². The smallest absolute Gasteiger partial charge is 0.268 e. The van der Waals surface area contributed by atoms with Crippen LogP contribution in [-0.2, 0) is 26.5 Å². The summed E-state index contributed by atoms with van der Waals surface area (Å²) < 4.78 is 99.4. The quantitative estimate of drug-likeness (QED) is 0.107. The summed E-state index contributed by atoms with van der Waals surface area (Å²) in [6.45, 7) is 11.0. The molecule has 0 spiro atoms. The Hall–Kier alpha value is -7.33. The van der Waals surface area contributed by atoms with Gasteiger partial charge in [0.15, 0.2) is 0 Å². The Bertz CT molecular complexity index is 4040. The van der Waals surface area contributed by atoms with Gasteiger partial charge in [-0.2, -0.15) is 18.2 Å². The summed E-state index contributed by atoms with van der Waals surface area (Å²) in [6, 6.07) is 42.2. The number of pyridine rings is 1. The Balaban J connectivity index is 0.00000672. The van der Waals surface area contributed by atoms with E-state index in [0.717, 1.165) is 44.3 Å². The van der Waals surface area contributed by atoms with Gasteiger partial charge in [0, 0.05) is 49.8 Å². The second kappa shape index (κ2) is 17.8. The van der Waals surface area contributed by atoms with Crippen molar-refractivity contribution in [2.24, 2.45) is 0 Å². The maximum absolute atomic E-state index is 9.04. The Labute approximate surface area is 420 Å². The van der Waals surface area contributed by atoms with E-state index in [2.05, 4.69) is 94.0 Å². The number of fused-ring (bicyclic) bond motifs is 4. The predicted octanol–water partition coefficient (Wildman–Crippen LogP) is 15.0. The van der Waals surface area contributed by atoms with Crippen molar-refractivity contribution in [2.45, 2.75) is 46.0 Å². The largest absolute Gasteiger partial charge is 0.510 e. The second-order valence-corrected chi connectivity index (χ2v) is 17.5. The molecule has 0 radical (unpaired) electrons. The van der Waals surface area contributed by atoms with Gasteiger partial charge in [-0.05, 0) is 73.5 Å². The molecule has 6 heteroatoms. The molecule has 11 rings (SSSR count). The number of benzene rings is 8. The van der Waals surface area contributed by atoms with Crippen molar-refractivity contribution in [3.8, 4) is 62.1 Å². The first-order valence-electron chi connectivity index (χ1n) is 26.8. The van der Waals surface area contributed by atoms with Crippen LogP contribution in [0.3, 0.4) is 0 Å². The molecule has 3 heterocycles. The number of hydrogen-bond acceptors (Lipinski definition) is 2. The van der Waals surface area contributed by atoms with Crippen LogP contribution in [0.1, 0.15) is 65.4 Å². The molecule has 0 saturated carbocycles. The molecule has 0 aliphatic rings. The third-order valence-corrected chi connectivity index (χ3v) is 11.9. The van der Waals surface area contributed by atoms with Gasteiger partial charge in [0.1, 0.15) is 5.82 Å². The van der Waals surface area contributed by atoms with Crippen molar-refractivity contribution in [1.29, 1.82) is 0 Å². The van der Waals surface area contributed by atoms with Crippen LogP contribution >= 0.6 is 0 Å². The fourth-order valence-electron chi connectivity index (χ4n) is 8.71. The van der Waals surface area contributed by atoms with Crippen LogP contribution in [-0.4, -0.2) is 14.1 Å². The van der Waals surface area contributed by atoms with E-state index < -0.39 is 60.4 Å². The Morgan fingerprint density at radius 1 is 0.627 bits per heavy atom. The van der Waals surface area contributed by atoms with Crippen molar-refractivity contribution in [3.63, 3.8) is 0 Å². The Morgan fingerprint density at radius 3 is 2.00 bits per heavy atom. The summed E-state index contributed by atoms with van der Waals surface area (Å²) in [7, 11) is 0. The number of imidazole rings is 1. The summed E-state index contributed by atoms with van der Waals surface area (Å²) in [6.07, 6.45) is 5.38. The molecule has 0 atom stereocenters. The van der Waals surface area contributed by atoms with E-state index in [0.29, 0.717) is 28.2 Å². The first-order chi connectivity index (χ1) is 36.3. The van der Waals surface area contributed by atoms with Crippen LogP contribution in [0.15, 0.2) is 194 Å². The van der Waals surface area contributed by atoms with E-state index in [1.807, 2.05) is 72.9 Å². The van der Waals surface area contributed by atoms with E-state index in [1.54, 1.807) is 33.4 Å². The summed E-state index contributed by atoms with van der Waals surface area (Å²) in [5.41, 5.74) is 7.99. The molecule has 0 amide bonds. The maximum atomic E-state index is 9.04. The summed E-state index contributed by atoms with van der Waals surface area (Å²) in [4.78, 5) is 5.11. The molecule has 8 aromatic carbocycles. The van der Waals surface area contributed by atoms with Crippen LogP contribution in [0.5, 0.6) is 11.5 Å². The monoisotopic (exact) mass is 1060 g/mol. The van der Waals surface area contributed by atoms with Gasteiger partial charge >= 0.3 is 0 Å². The first-order valence-corrected chi connectivity index (χ1v) is 21.8. The van der Waals surface area contributed by atoms with E-state index in [9.17, 15) is 0 Å². The average molecular weight is 1060 g/mol. The number of para-hydroxylation sites is 3. The zero-order chi connectivity index (χ0) is 53.6. The summed E-state index contributed by atoms with van der Waals surface area (Å²) in [5, 5.41) is 2.04. The molecule has 0 bridgehead atoms. The predicted molar refractivity (Wildman–Crippen MR) is 269 cm³/mol. The van der Waals surface area contributed by atoms with Crippen LogP contribution in [0.2, 0.25) is 0 Å². The normalized spacial score (nSPS) is 13.8. The van der Waals surface area contributed by atoms with Gasteiger partial charge in [-0.15, -0.1) is 29.7 Å². The van der Waals surface area contributed by atoms with Gasteiger partial charge in [-0.3, -0.25) is 4.57 Å². The number of rotatable bonds is 9. The number of ether oxygens (including phenoxy) is 1. The first kappa shape index (κ1) is 33.2. The molecule has 0 saturated heterocycles. The third-order valence-electron chi connectivity index (χ3n) is 11.9. The van der Waals surface area contributed by atoms with Crippen molar-refractivity contribution in [2.75, 3.05) is 0 Å². The van der Waals surface area contributed by atoms with Crippen LogP contribution in [0.4, 0.5) is 0 Å². The second-order valence-electron chi connectivity index (χ2n) is 17.5. The molecular formula is C61H48N4OPt-2. The standard InChI is InChI=1S/C61H48N4O.Pt/c1-41(2)52-38-59(62-39-54(52)44-23-13-8-14-24-44)65-55-34-31-45(61(3,4)5)35-53(55)51-33-32-48(37-58(51)65)66-47-26-17-25-46(36-47)63-40-64(57-30-16-15-29-56(57)63)60-49(42-19-9-6-10-20-42)27-18-28-50(60)43-21-11-7-12-22-43;/h6-35,38-39,41H,1-5H3;/q-2;/i6D,7D,9D,10D,11D,12D,19D,20D,21D,22D;. The van der Waals surface area contributed by atoms with E-state index in [-0.39, 0.29) is 60.3 Å². The minimum atomic E-state index is -0.573. The Morgan fingerprint density at radius 2 is 1.30 bits per heavy atom. The van der Waals surface area contributed by atoms with Crippen molar-refractivity contribution in [1.82, 2.24) is 14.1 Å². The zero-order valence-electron chi connectivity index (χ0n) is 47.3. The molecule has 3 aromatic heterocycles. The Kier molecular flexibility index (Phi) is 8.82. The SMILES string of the molecule is [2H]c1c([2H])c([2H])c(-c2cccc(-c3c([2H])c([2H])c([2H])c([2H])c3[2H])c2-[n+]2[c-]n(-c3[c-]c(Oc4[c-]c5c(cc4)c4cc(C(C)(C)C)ccc4n5-c4cc(C(C)C)c(-c5ccccc5)cn4)ccc3)c3ccccc32)c([2H])c1[2H].[Pt]. The molecule has 0 aliphatic heterocycles. The molecule has 0 N–H and O–H groups in total. The van der Waals surface area contributed by atoms with E-state index in [1.165, 1.54) is 5.56 Å². The molecule has 0 fully saturated rings. The molecule has 0 aliphatic carbocycles. The van der Waals surface area contributed by atoms with Crippen molar-refractivity contribution >= 4 is 32.8 Å².